The lowest BCUT2D eigenvalue weighted by Crippen LogP contribution is -2.40. The minimum absolute atomic E-state index is 0.0482. The Bertz CT molecular complexity index is 1620. The van der Waals surface area contributed by atoms with Gasteiger partial charge in [0, 0.05) is 14.2 Å². The van der Waals surface area contributed by atoms with Crippen LogP contribution in [0.3, 0.4) is 0 Å². The lowest BCUT2D eigenvalue weighted by atomic mass is 9.95. The van der Waals surface area contributed by atoms with E-state index in [2.05, 4.69) is 55.5 Å². The highest BCUT2D eigenvalue weighted by Crippen LogP contribution is 2.36. The van der Waals surface area contributed by atoms with Crippen LogP contribution in [0, 0.1) is 7.14 Å². The summed E-state index contributed by atoms with van der Waals surface area (Å²) in [4.78, 5) is 32.3. The number of carbonyl (C=O) groups excluding carboxylic acids is 1. The highest BCUT2D eigenvalue weighted by molar-refractivity contribution is 14.1. The fourth-order valence-electron chi connectivity index (χ4n) is 4.38. The van der Waals surface area contributed by atoms with Gasteiger partial charge in [0.15, 0.2) is 16.3 Å². The summed E-state index contributed by atoms with van der Waals surface area (Å²) in [6.45, 7) is 7.60. The van der Waals surface area contributed by atoms with E-state index < -0.39 is 12.0 Å². The molecular weight excluding hydrogens is 744 g/mol. The molecule has 1 aliphatic rings. The number of ether oxygens (including phenoxy) is 3. The molecule has 0 amide bonds. The Morgan fingerprint density at radius 2 is 1.90 bits per heavy atom. The smallest absolute Gasteiger partial charge is 0.338 e. The van der Waals surface area contributed by atoms with Crippen LogP contribution in [0.2, 0.25) is 0 Å². The van der Waals surface area contributed by atoms with Crippen molar-refractivity contribution in [1.82, 2.24) is 4.57 Å². The number of fused-ring (bicyclic) bond motifs is 1. The SMILES string of the molecule is CCOC(=O)C1=C(C)N=c2s/c(=C\c3cc(I)c(NC)c(I)c3)c(=O)n2[C@@H]1c1ccc(OC(C)C)c(OC)c1. The molecule has 2 heterocycles. The molecule has 0 aliphatic carbocycles. The van der Waals surface area contributed by atoms with E-state index in [-0.39, 0.29) is 18.3 Å². The average Bonchev–Trinajstić information content (AvgIpc) is 3.17. The minimum atomic E-state index is -0.739. The summed E-state index contributed by atoms with van der Waals surface area (Å²) in [5, 5.41) is 3.21. The second-order valence-electron chi connectivity index (χ2n) is 8.99. The van der Waals surface area contributed by atoms with Gasteiger partial charge in [0.05, 0.1) is 47.4 Å². The molecule has 0 radical (unpaired) electrons. The number of esters is 1. The van der Waals surface area contributed by atoms with Gasteiger partial charge in [-0.3, -0.25) is 9.36 Å². The van der Waals surface area contributed by atoms with Crippen LogP contribution in [0.5, 0.6) is 11.5 Å². The van der Waals surface area contributed by atoms with Crippen LogP contribution in [0.25, 0.3) is 6.08 Å². The van der Waals surface area contributed by atoms with E-state index in [0.717, 1.165) is 18.4 Å². The Morgan fingerprint density at radius 3 is 2.49 bits per heavy atom. The van der Waals surface area contributed by atoms with Crippen LogP contribution in [0.1, 0.15) is 44.9 Å². The van der Waals surface area contributed by atoms with E-state index in [9.17, 15) is 9.59 Å². The van der Waals surface area contributed by atoms with Gasteiger partial charge in [0.25, 0.3) is 5.56 Å². The average molecular weight is 773 g/mol. The Morgan fingerprint density at radius 1 is 1.21 bits per heavy atom. The first kappa shape index (κ1) is 29.6. The molecule has 0 bridgehead atoms. The third kappa shape index (κ3) is 6.04. The Labute approximate surface area is 258 Å². The normalized spacial score (nSPS) is 15.2. The number of nitrogens with one attached hydrogen (secondary N) is 1. The molecule has 1 aliphatic heterocycles. The monoisotopic (exact) mass is 773 g/mol. The number of hydrogen-bond donors (Lipinski definition) is 1. The van der Waals surface area contributed by atoms with Crippen molar-refractivity contribution < 1.29 is 19.0 Å². The second-order valence-corrected chi connectivity index (χ2v) is 12.3. The summed E-state index contributed by atoms with van der Waals surface area (Å²) >= 11 is 5.86. The predicted octanol–water partition coefficient (Wildman–Crippen LogP) is 4.85. The molecule has 0 saturated carbocycles. The van der Waals surface area contributed by atoms with E-state index in [1.54, 1.807) is 37.7 Å². The van der Waals surface area contributed by atoms with Crippen molar-refractivity contribution in [2.24, 2.45) is 4.99 Å². The maximum Gasteiger partial charge on any atom is 0.338 e. The third-order valence-electron chi connectivity index (χ3n) is 6.00. The molecular formula is C28H29I2N3O5S. The Hall–Kier alpha value is -2.39. The van der Waals surface area contributed by atoms with Crippen LogP contribution in [-0.4, -0.2) is 37.4 Å². The van der Waals surface area contributed by atoms with E-state index >= 15 is 0 Å². The van der Waals surface area contributed by atoms with Gasteiger partial charge < -0.3 is 19.5 Å². The Kier molecular flexibility index (Phi) is 9.42. The zero-order valence-electron chi connectivity index (χ0n) is 22.4. The van der Waals surface area contributed by atoms with Gasteiger partial charge in [-0.2, -0.15) is 0 Å². The molecule has 11 heteroatoms. The minimum Gasteiger partial charge on any atom is -0.493 e. The number of allylic oxidation sites excluding steroid dienone is 1. The molecule has 0 spiro atoms. The number of hydrogen-bond acceptors (Lipinski definition) is 8. The molecule has 39 heavy (non-hydrogen) atoms. The number of benzene rings is 2. The molecule has 3 aromatic rings. The fraction of sp³-hybridized carbons (Fsp3) is 0.321. The van der Waals surface area contributed by atoms with Gasteiger partial charge in [-0.15, -0.1) is 0 Å². The Balaban J connectivity index is 1.94. The van der Waals surface area contributed by atoms with Crippen molar-refractivity contribution in [2.75, 3.05) is 26.1 Å². The van der Waals surface area contributed by atoms with Gasteiger partial charge in [-0.1, -0.05) is 17.4 Å². The number of carbonyl (C=O) groups is 1. The molecule has 1 aromatic heterocycles. The number of rotatable bonds is 8. The lowest BCUT2D eigenvalue weighted by Gasteiger charge is -2.25. The predicted molar refractivity (Wildman–Crippen MR) is 171 cm³/mol. The van der Waals surface area contributed by atoms with E-state index in [1.807, 2.05) is 45.2 Å². The van der Waals surface area contributed by atoms with Crippen molar-refractivity contribution >= 4 is 74.3 Å². The second kappa shape index (κ2) is 12.4. The first-order valence-corrected chi connectivity index (χ1v) is 15.3. The molecule has 1 N–H and O–H groups in total. The molecule has 0 saturated heterocycles. The van der Waals surface area contributed by atoms with Gasteiger partial charge >= 0.3 is 5.97 Å². The first-order valence-electron chi connectivity index (χ1n) is 12.3. The summed E-state index contributed by atoms with van der Waals surface area (Å²) in [7, 11) is 3.45. The van der Waals surface area contributed by atoms with Crippen molar-refractivity contribution in [3.63, 3.8) is 0 Å². The molecule has 0 unspecified atom stereocenters. The van der Waals surface area contributed by atoms with Crippen LogP contribution in [0.4, 0.5) is 5.69 Å². The first-order chi connectivity index (χ1) is 18.6. The van der Waals surface area contributed by atoms with Gasteiger partial charge in [-0.05, 0) is 114 Å². The highest BCUT2D eigenvalue weighted by atomic mass is 127. The van der Waals surface area contributed by atoms with Crippen molar-refractivity contribution in [1.29, 1.82) is 0 Å². The standard InChI is InChI=1S/C28H29I2N3O5S/c1-7-37-27(35)23-15(4)32-28-33(25(23)17-8-9-20(38-14(2)3)21(13-17)36-6)26(34)22(39-28)12-16-10-18(29)24(31-5)19(30)11-16/h8-14,25,31H,7H2,1-6H3/b22-12-/t25-/m1/s1. The van der Waals surface area contributed by atoms with Crippen LogP contribution in [-0.2, 0) is 9.53 Å². The highest BCUT2D eigenvalue weighted by Gasteiger charge is 2.34. The maximum absolute atomic E-state index is 13.9. The zero-order valence-corrected chi connectivity index (χ0v) is 27.6. The van der Waals surface area contributed by atoms with E-state index in [1.165, 1.54) is 11.3 Å². The number of thiazole rings is 1. The summed E-state index contributed by atoms with van der Waals surface area (Å²) in [6, 6.07) is 8.77. The van der Waals surface area contributed by atoms with Crippen LogP contribution in [0.15, 0.2) is 51.4 Å². The summed E-state index contributed by atoms with van der Waals surface area (Å²) < 4.78 is 21.1. The quantitative estimate of drug-likeness (QED) is 0.261. The third-order valence-corrected chi connectivity index (χ3v) is 8.68. The topological polar surface area (TPSA) is 91.2 Å². The summed E-state index contributed by atoms with van der Waals surface area (Å²) in [5.74, 6) is 0.581. The van der Waals surface area contributed by atoms with Crippen molar-refractivity contribution in [2.45, 2.75) is 39.8 Å². The van der Waals surface area contributed by atoms with Gasteiger partial charge in [-0.25, -0.2) is 9.79 Å². The molecule has 206 valence electrons. The molecule has 2 aromatic carbocycles. The molecule has 8 nitrogen and oxygen atoms in total. The number of aromatic nitrogens is 1. The molecule has 4 rings (SSSR count). The van der Waals surface area contributed by atoms with Crippen LogP contribution >= 0.6 is 56.5 Å². The number of halogens is 2. The van der Waals surface area contributed by atoms with Gasteiger partial charge in [0.1, 0.15) is 0 Å². The van der Waals surface area contributed by atoms with Crippen molar-refractivity contribution in [3.8, 4) is 11.5 Å². The zero-order chi connectivity index (χ0) is 28.4. The number of methoxy groups -OCH3 is 1. The number of anilines is 1. The fourth-order valence-corrected chi connectivity index (χ4v) is 7.78. The largest absolute Gasteiger partial charge is 0.493 e. The van der Waals surface area contributed by atoms with Gasteiger partial charge in [0.2, 0.25) is 0 Å². The number of nitrogens with zero attached hydrogens (tertiary/aromatic N) is 2. The molecule has 0 fully saturated rings. The maximum atomic E-state index is 13.9. The summed E-state index contributed by atoms with van der Waals surface area (Å²) in [6.07, 6.45) is 1.82. The van der Waals surface area contributed by atoms with E-state index in [4.69, 9.17) is 14.2 Å². The summed E-state index contributed by atoms with van der Waals surface area (Å²) in [5.41, 5.74) is 3.23. The lowest BCUT2D eigenvalue weighted by molar-refractivity contribution is -0.139. The molecule has 1 atom stereocenters. The van der Waals surface area contributed by atoms with Crippen LogP contribution < -0.4 is 29.7 Å². The van der Waals surface area contributed by atoms with E-state index in [0.29, 0.717) is 37.7 Å². The van der Waals surface area contributed by atoms with Crippen molar-refractivity contribution in [3.05, 3.63) is 79.6 Å².